The molecule has 0 aliphatic carbocycles. The van der Waals surface area contributed by atoms with E-state index in [1.165, 1.54) is 11.0 Å². The second-order valence-corrected chi connectivity index (χ2v) is 8.51. The molecule has 36 heavy (non-hydrogen) atoms. The first-order valence-electron chi connectivity index (χ1n) is 11.5. The van der Waals surface area contributed by atoms with Crippen molar-refractivity contribution in [3.8, 4) is 16.9 Å². The summed E-state index contributed by atoms with van der Waals surface area (Å²) >= 11 is 0. The maximum Gasteiger partial charge on any atom is 0.254 e. The van der Waals surface area contributed by atoms with Crippen LogP contribution in [0.2, 0.25) is 0 Å². The summed E-state index contributed by atoms with van der Waals surface area (Å²) in [5, 5.41) is 2.80. The van der Waals surface area contributed by atoms with Crippen LogP contribution in [0.1, 0.15) is 21.5 Å². The fourth-order valence-corrected chi connectivity index (χ4v) is 3.74. The SMILES string of the molecule is C=CCN(CC(=O)Nc1nc(-c2ccccc2)cn1-c1ccc(C)c(F)c1)C(=O)c1ccc(C)cc1. The molecule has 0 unspecified atom stereocenters. The van der Waals surface area contributed by atoms with Gasteiger partial charge in [-0.3, -0.25) is 19.5 Å². The lowest BCUT2D eigenvalue weighted by Gasteiger charge is -2.21. The van der Waals surface area contributed by atoms with E-state index < -0.39 is 5.91 Å². The minimum atomic E-state index is -0.434. The molecule has 6 nitrogen and oxygen atoms in total. The highest BCUT2D eigenvalue weighted by atomic mass is 19.1. The maximum absolute atomic E-state index is 14.3. The van der Waals surface area contributed by atoms with Gasteiger partial charge in [-0.05, 0) is 43.7 Å². The van der Waals surface area contributed by atoms with Crippen molar-refractivity contribution in [2.45, 2.75) is 13.8 Å². The zero-order chi connectivity index (χ0) is 25.7. The predicted molar refractivity (Wildman–Crippen MR) is 140 cm³/mol. The quantitative estimate of drug-likeness (QED) is 0.334. The van der Waals surface area contributed by atoms with E-state index in [2.05, 4.69) is 16.9 Å². The lowest BCUT2D eigenvalue weighted by atomic mass is 10.1. The Kier molecular flexibility index (Phi) is 7.39. The summed E-state index contributed by atoms with van der Waals surface area (Å²) in [6, 6.07) is 21.5. The predicted octanol–water partition coefficient (Wildman–Crippen LogP) is 5.56. The number of anilines is 1. The molecule has 1 N–H and O–H groups in total. The summed E-state index contributed by atoms with van der Waals surface area (Å²) in [4.78, 5) is 32.1. The summed E-state index contributed by atoms with van der Waals surface area (Å²) in [6.07, 6.45) is 3.32. The molecule has 4 aromatic rings. The van der Waals surface area contributed by atoms with Crippen molar-refractivity contribution in [2.24, 2.45) is 0 Å². The molecule has 3 aromatic carbocycles. The van der Waals surface area contributed by atoms with E-state index in [-0.39, 0.29) is 30.8 Å². The molecule has 1 aromatic heterocycles. The van der Waals surface area contributed by atoms with Gasteiger partial charge in [-0.2, -0.15) is 0 Å². The van der Waals surface area contributed by atoms with E-state index in [1.54, 1.807) is 48.0 Å². The zero-order valence-electron chi connectivity index (χ0n) is 20.2. The van der Waals surface area contributed by atoms with E-state index in [9.17, 15) is 14.0 Å². The van der Waals surface area contributed by atoms with Gasteiger partial charge in [-0.15, -0.1) is 6.58 Å². The van der Waals surface area contributed by atoms with Gasteiger partial charge in [0.05, 0.1) is 11.4 Å². The Morgan fingerprint density at radius 3 is 2.44 bits per heavy atom. The van der Waals surface area contributed by atoms with E-state index in [0.717, 1.165) is 11.1 Å². The number of carbonyl (C=O) groups is 2. The van der Waals surface area contributed by atoms with Crippen LogP contribution in [0.4, 0.5) is 10.3 Å². The van der Waals surface area contributed by atoms with Crippen LogP contribution in [0.15, 0.2) is 91.6 Å². The standard InChI is InChI=1S/C29H27FN4O2/c1-4-16-33(28(36)23-13-10-20(2)11-14-23)19-27(35)32-29-31-26(22-8-6-5-7-9-22)18-34(29)24-15-12-21(3)25(30)17-24/h4-15,17-18H,1,16,19H2,2-3H3,(H,31,32,35). The molecule has 0 saturated heterocycles. The molecule has 7 heteroatoms. The number of imidazole rings is 1. The van der Waals surface area contributed by atoms with Gasteiger partial charge >= 0.3 is 0 Å². The number of hydrogen-bond donors (Lipinski definition) is 1. The van der Waals surface area contributed by atoms with Gasteiger partial charge in [0.2, 0.25) is 11.9 Å². The van der Waals surface area contributed by atoms with E-state index in [4.69, 9.17) is 0 Å². The number of rotatable bonds is 8. The van der Waals surface area contributed by atoms with Crippen LogP contribution >= 0.6 is 0 Å². The highest BCUT2D eigenvalue weighted by Crippen LogP contribution is 2.25. The van der Waals surface area contributed by atoms with Gasteiger partial charge in [0, 0.05) is 23.9 Å². The van der Waals surface area contributed by atoms with Crippen LogP contribution in [-0.4, -0.2) is 39.4 Å². The normalized spacial score (nSPS) is 10.6. The van der Waals surface area contributed by atoms with Crippen LogP contribution in [0.3, 0.4) is 0 Å². The number of halogens is 1. The summed E-state index contributed by atoms with van der Waals surface area (Å²) < 4.78 is 16.0. The number of benzene rings is 3. The van der Waals surface area contributed by atoms with Gasteiger partial charge in [-0.25, -0.2) is 9.37 Å². The molecule has 0 fully saturated rings. The first-order valence-corrected chi connectivity index (χ1v) is 11.5. The fraction of sp³-hybridized carbons (Fsp3) is 0.138. The second-order valence-electron chi connectivity index (χ2n) is 8.51. The van der Waals surface area contributed by atoms with E-state index in [1.807, 2.05) is 49.4 Å². The van der Waals surface area contributed by atoms with E-state index >= 15 is 0 Å². The topological polar surface area (TPSA) is 67.2 Å². The van der Waals surface area contributed by atoms with Crippen molar-refractivity contribution in [1.29, 1.82) is 0 Å². The molecule has 0 saturated carbocycles. The van der Waals surface area contributed by atoms with Gasteiger partial charge in [0.1, 0.15) is 12.4 Å². The third kappa shape index (κ3) is 5.58. The van der Waals surface area contributed by atoms with Gasteiger partial charge in [0.15, 0.2) is 0 Å². The lowest BCUT2D eigenvalue weighted by molar-refractivity contribution is -0.116. The lowest BCUT2D eigenvalue weighted by Crippen LogP contribution is -2.38. The van der Waals surface area contributed by atoms with E-state index in [0.29, 0.717) is 22.5 Å². The van der Waals surface area contributed by atoms with Gasteiger partial charge < -0.3 is 4.90 Å². The summed E-state index contributed by atoms with van der Waals surface area (Å²) in [5.74, 6) is -0.848. The van der Waals surface area contributed by atoms with Gasteiger partial charge in [0.25, 0.3) is 5.91 Å². The Balaban J connectivity index is 1.62. The van der Waals surface area contributed by atoms with Crippen LogP contribution < -0.4 is 5.32 Å². The largest absolute Gasteiger partial charge is 0.326 e. The summed E-state index contributed by atoms with van der Waals surface area (Å²) in [7, 11) is 0. The van der Waals surface area contributed by atoms with Crippen LogP contribution in [-0.2, 0) is 4.79 Å². The number of aromatic nitrogens is 2. The summed E-state index contributed by atoms with van der Waals surface area (Å²) in [6.45, 7) is 7.34. The number of hydrogen-bond acceptors (Lipinski definition) is 3. The molecule has 0 spiro atoms. The average Bonchev–Trinajstić information content (AvgIpc) is 3.29. The molecule has 2 amide bonds. The smallest absolute Gasteiger partial charge is 0.254 e. The number of nitrogens with one attached hydrogen (secondary N) is 1. The molecule has 1 heterocycles. The molecule has 0 aliphatic rings. The first-order chi connectivity index (χ1) is 17.4. The van der Waals surface area contributed by atoms with Crippen molar-refractivity contribution in [2.75, 3.05) is 18.4 Å². The van der Waals surface area contributed by atoms with Crippen molar-refractivity contribution in [3.05, 3.63) is 114 Å². The molecule has 0 atom stereocenters. The minimum Gasteiger partial charge on any atom is -0.326 e. The highest BCUT2D eigenvalue weighted by molar-refractivity contribution is 5.99. The maximum atomic E-state index is 14.3. The Hall–Kier alpha value is -4.52. The molecule has 0 aliphatic heterocycles. The first kappa shape index (κ1) is 24.6. The average molecular weight is 483 g/mol. The number of aryl methyl sites for hydroxylation is 2. The van der Waals surface area contributed by atoms with Crippen molar-refractivity contribution < 1.29 is 14.0 Å². The highest BCUT2D eigenvalue weighted by Gasteiger charge is 2.20. The van der Waals surface area contributed by atoms with Crippen molar-refractivity contribution >= 4 is 17.8 Å². The molecule has 4 rings (SSSR count). The van der Waals surface area contributed by atoms with Crippen LogP contribution in [0, 0.1) is 19.7 Å². The molecule has 0 bridgehead atoms. The van der Waals surface area contributed by atoms with Crippen molar-refractivity contribution in [1.82, 2.24) is 14.5 Å². The Morgan fingerprint density at radius 2 is 1.78 bits per heavy atom. The molecule has 182 valence electrons. The second kappa shape index (κ2) is 10.8. The van der Waals surface area contributed by atoms with Gasteiger partial charge in [-0.1, -0.05) is 60.2 Å². The van der Waals surface area contributed by atoms with Crippen LogP contribution in [0.25, 0.3) is 16.9 Å². The number of carbonyl (C=O) groups excluding carboxylic acids is 2. The molecular weight excluding hydrogens is 455 g/mol. The third-order valence-corrected chi connectivity index (χ3v) is 5.73. The monoisotopic (exact) mass is 482 g/mol. The molecular formula is C29H27FN4O2. The Bertz CT molecular complexity index is 1390. The van der Waals surface area contributed by atoms with Crippen molar-refractivity contribution in [3.63, 3.8) is 0 Å². The number of nitrogens with zero attached hydrogens (tertiary/aromatic N) is 3. The molecule has 0 radical (unpaired) electrons. The Morgan fingerprint density at radius 1 is 1.06 bits per heavy atom. The number of amides is 2. The third-order valence-electron chi connectivity index (χ3n) is 5.73. The minimum absolute atomic E-state index is 0.200. The fourth-order valence-electron chi connectivity index (χ4n) is 3.74. The summed E-state index contributed by atoms with van der Waals surface area (Å²) in [5.41, 5.74) is 4.02. The Labute approximate surface area is 209 Å². The van der Waals surface area contributed by atoms with Crippen LogP contribution in [0.5, 0.6) is 0 Å². The zero-order valence-corrected chi connectivity index (χ0v) is 20.2.